The van der Waals surface area contributed by atoms with E-state index in [1.54, 1.807) is 19.2 Å². The Morgan fingerprint density at radius 3 is 2.57 bits per heavy atom. The van der Waals surface area contributed by atoms with E-state index in [0.717, 1.165) is 32.3 Å². The first kappa shape index (κ1) is 25.9. The van der Waals surface area contributed by atoms with Gasteiger partial charge in [-0.25, -0.2) is 20.5 Å². The van der Waals surface area contributed by atoms with Gasteiger partial charge in [0.25, 0.3) is 11.5 Å². The second kappa shape index (κ2) is 10.1. The predicted octanol–water partition coefficient (Wildman–Crippen LogP) is 3.11. The molecule has 0 fully saturated rings. The van der Waals surface area contributed by atoms with Gasteiger partial charge >= 0.3 is 0 Å². The number of hydrazine groups is 1. The number of anilines is 1. The molecule has 0 radical (unpaired) electrons. The number of fused-ring (bicyclic) bond motifs is 1. The standard InChI is InChI=1S/C27H34N8O2/c1-7-34(28)27-30-9-8-22(32-27)19-11-20(24-17(5)14-33(15(2)3)23(24)12-19)25(36)31-13-21-16(4)10-18(6)35(29)26(21)37/h8-12,14-15H,7,13,28-29H2,1-6H3,(H,31,36). The maximum Gasteiger partial charge on any atom is 0.274 e. The van der Waals surface area contributed by atoms with E-state index < -0.39 is 0 Å². The van der Waals surface area contributed by atoms with Crippen molar-refractivity contribution in [3.05, 3.63) is 75.0 Å². The minimum Gasteiger partial charge on any atom is -0.348 e. The number of benzene rings is 1. The molecule has 0 aliphatic rings. The molecule has 3 heterocycles. The van der Waals surface area contributed by atoms with Crippen molar-refractivity contribution in [1.82, 2.24) is 24.5 Å². The van der Waals surface area contributed by atoms with E-state index in [-0.39, 0.29) is 24.1 Å². The van der Waals surface area contributed by atoms with Crippen molar-refractivity contribution < 1.29 is 4.79 Å². The summed E-state index contributed by atoms with van der Waals surface area (Å²) < 4.78 is 3.25. The minimum absolute atomic E-state index is 0.0624. The number of hydrogen-bond acceptors (Lipinski definition) is 7. The van der Waals surface area contributed by atoms with Crippen LogP contribution in [0.15, 0.2) is 41.5 Å². The zero-order valence-corrected chi connectivity index (χ0v) is 22.2. The summed E-state index contributed by atoms with van der Waals surface area (Å²) >= 11 is 0. The normalized spacial score (nSPS) is 11.4. The predicted molar refractivity (Wildman–Crippen MR) is 147 cm³/mol. The van der Waals surface area contributed by atoms with Gasteiger partial charge in [0.1, 0.15) is 0 Å². The number of nitrogens with one attached hydrogen (secondary N) is 1. The molecule has 10 nitrogen and oxygen atoms in total. The number of nitrogens with zero attached hydrogens (tertiary/aromatic N) is 5. The summed E-state index contributed by atoms with van der Waals surface area (Å²) in [7, 11) is 0. The molecule has 1 aromatic carbocycles. The number of pyridine rings is 1. The van der Waals surface area contributed by atoms with Crippen LogP contribution in [0.2, 0.25) is 0 Å². The Kier molecular flexibility index (Phi) is 7.04. The molecule has 0 spiro atoms. The Hall–Kier alpha value is -4.18. The third kappa shape index (κ3) is 4.79. The van der Waals surface area contributed by atoms with Crippen LogP contribution in [0.1, 0.15) is 59.6 Å². The molecule has 0 saturated heterocycles. The van der Waals surface area contributed by atoms with E-state index in [2.05, 4.69) is 39.9 Å². The smallest absolute Gasteiger partial charge is 0.274 e. The van der Waals surface area contributed by atoms with Gasteiger partial charge in [0.2, 0.25) is 5.95 Å². The van der Waals surface area contributed by atoms with Crippen LogP contribution in [0.5, 0.6) is 0 Å². The molecule has 0 aliphatic carbocycles. The monoisotopic (exact) mass is 502 g/mol. The molecule has 0 saturated carbocycles. The molecule has 1 amide bonds. The molecular formula is C27H34N8O2. The quantitative estimate of drug-likeness (QED) is 0.261. The highest BCUT2D eigenvalue weighted by Crippen LogP contribution is 2.32. The Morgan fingerprint density at radius 1 is 1.16 bits per heavy atom. The van der Waals surface area contributed by atoms with Gasteiger partial charge in [-0.1, -0.05) is 0 Å². The van der Waals surface area contributed by atoms with Crippen molar-refractivity contribution in [2.45, 2.75) is 54.1 Å². The first-order valence-electron chi connectivity index (χ1n) is 12.3. The molecule has 194 valence electrons. The van der Waals surface area contributed by atoms with E-state index in [1.807, 2.05) is 39.0 Å². The van der Waals surface area contributed by atoms with Crippen molar-refractivity contribution in [3.63, 3.8) is 0 Å². The molecule has 5 N–H and O–H groups in total. The highest BCUT2D eigenvalue weighted by molar-refractivity contribution is 6.09. The average Bonchev–Trinajstić information content (AvgIpc) is 3.22. The molecule has 0 unspecified atom stereocenters. The minimum atomic E-state index is -0.324. The van der Waals surface area contributed by atoms with Crippen molar-refractivity contribution in [1.29, 1.82) is 0 Å². The summed E-state index contributed by atoms with van der Waals surface area (Å²) in [6, 6.07) is 7.68. The number of hydrogen-bond donors (Lipinski definition) is 3. The number of aromatic nitrogens is 4. The maximum atomic E-state index is 13.6. The summed E-state index contributed by atoms with van der Waals surface area (Å²) in [4.78, 5) is 35.2. The Labute approximate surface area is 215 Å². The largest absolute Gasteiger partial charge is 0.348 e. The number of carbonyl (C=O) groups excluding carboxylic acids is 1. The first-order chi connectivity index (χ1) is 17.5. The lowest BCUT2D eigenvalue weighted by Crippen LogP contribution is -2.35. The highest BCUT2D eigenvalue weighted by Gasteiger charge is 2.20. The second-order valence-corrected chi connectivity index (χ2v) is 9.56. The van der Waals surface area contributed by atoms with Gasteiger partial charge in [0.15, 0.2) is 0 Å². The number of nitrogens with two attached hydrogens (primary N) is 2. The molecule has 0 atom stereocenters. The van der Waals surface area contributed by atoms with Crippen molar-refractivity contribution in [2.24, 2.45) is 5.84 Å². The Bertz CT molecular complexity index is 1550. The van der Waals surface area contributed by atoms with Gasteiger partial charge in [-0.2, -0.15) is 0 Å². The SMILES string of the molecule is CCN(N)c1nccc(-c2cc(C(=O)NCc3c(C)cc(C)n(N)c3=O)c3c(C)cn(C(C)C)c3c2)n1. The number of rotatable bonds is 7. The molecule has 3 aromatic heterocycles. The molecule has 37 heavy (non-hydrogen) atoms. The number of carbonyl (C=O) groups is 1. The fourth-order valence-corrected chi connectivity index (χ4v) is 4.55. The first-order valence-corrected chi connectivity index (χ1v) is 12.3. The summed E-state index contributed by atoms with van der Waals surface area (Å²) in [6.07, 6.45) is 3.71. The highest BCUT2D eigenvalue weighted by atomic mass is 16.2. The van der Waals surface area contributed by atoms with Crippen LogP contribution in [-0.2, 0) is 6.54 Å². The second-order valence-electron chi connectivity index (χ2n) is 9.56. The summed E-state index contributed by atoms with van der Waals surface area (Å²) in [5.74, 6) is 12.0. The topological polar surface area (TPSA) is 137 Å². The lowest BCUT2D eigenvalue weighted by Gasteiger charge is -2.16. The summed E-state index contributed by atoms with van der Waals surface area (Å²) in [5.41, 5.74) is 5.39. The Morgan fingerprint density at radius 2 is 1.89 bits per heavy atom. The molecule has 10 heteroatoms. The van der Waals surface area contributed by atoms with Gasteiger partial charge in [-0.3, -0.25) is 14.6 Å². The molecular weight excluding hydrogens is 468 g/mol. The van der Waals surface area contributed by atoms with Crippen LogP contribution in [0, 0.1) is 20.8 Å². The van der Waals surface area contributed by atoms with E-state index in [4.69, 9.17) is 11.7 Å². The van der Waals surface area contributed by atoms with Gasteiger partial charge in [0, 0.05) is 64.8 Å². The van der Waals surface area contributed by atoms with E-state index in [0.29, 0.717) is 35.0 Å². The number of nitrogen functional groups attached to an aromatic ring is 1. The van der Waals surface area contributed by atoms with Crippen molar-refractivity contribution in [3.8, 4) is 11.3 Å². The fourth-order valence-electron chi connectivity index (χ4n) is 4.55. The molecule has 0 aliphatic heterocycles. The molecule has 0 bridgehead atoms. The zero-order chi connectivity index (χ0) is 27.0. The van der Waals surface area contributed by atoms with Gasteiger partial charge in [0.05, 0.1) is 5.69 Å². The van der Waals surface area contributed by atoms with Gasteiger partial charge in [-0.15, -0.1) is 0 Å². The molecule has 4 rings (SSSR count). The van der Waals surface area contributed by atoms with Gasteiger partial charge in [-0.05, 0) is 76.9 Å². The Balaban J connectivity index is 1.82. The fraction of sp³-hybridized carbons (Fsp3) is 0.333. The van der Waals surface area contributed by atoms with Crippen LogP contribution in [0.25, 0.3) is 22.2 Å². The van der Waals surface area contributed by atoms with Crippen molar-refractivity contribution in [2.75, 3.05) is 17.4 Å². The average molecular weight is 503 g/mol. The number of amides is 1. The van der Waals surface area contributed by atoms with Crippen molar-refractivity contribution >= 4 is 22.8 Å². The zero-order valence-electron chi connectivity index (χ0n) is 22.2. The van der Waals surface area contributed by atoms with E-state index in [9.17, 15) is 9.59 Å². The number of aryl methyl sites for hydroxylation is 3. The van der Waals surface area contributed by atoms with Crippen LogP contribution in [0.4, 0.5) is 5.95 Å². The lowest BCUT2D eigenvalue weighted by molar-refractivity contribution is 0.0952. The van der Waals surface area contributed by atoms with Gasteiger partial charge < -0.3 is 15.7 Å². The maximum absolute atomic E-state index is 13.6. The third-order valence-electron chi connectivity index (χ3n) is 6.64. The third-order valence-corrected chi connectivity index (χ3v) is 6.64. The van der Waals surface area contributed by atoms with Crippen LogP contribution >= 0.6 is 0 Å². The van der Waals surface area contributed by atoms with E-state index >= 15 is 0 Å². The van der Waals surface area contributed by atoms with Crippen LogP contribution < -0.4 is 27.6 Å². The van der Waals surface area contributed by atoms with Crippen LogP contribution in [-0.4, -0.2) is 31.7 Å². The van der Waals surface area contributed by atoms with E-state index in [1.165, 1.54) is 5.01 Å². The summed E-state index contributed by atoms with van der Waals surface area (Å²) in [5, 5.41) is 5.26. The molecule has 4 aromatic rings. The lowest BCUT2D eigenvalue weighted by atomic mass is 10.0. The van der Waals surface area contributed by atoms with Crippen LogP contribution in [0.3, 0.4) is 0 Å². The summed E-state index contributed by atoms with van der Waals surface area (Å²) in [6.45, 7) is 12.3.